The highest BCUT2D eigenvalue weighted by Gasteiger charge is 2.34. The Balaban J connectivity index is 1.52. The maximum absolute atomic E-state index is 14.0. The molecule has 0 spiro atoms. The van der Waals surface area contributed by atoms with E-state index in [2.05, 4.69) is 27.6 Å². The quantitative estimate of drug-likeness (QED) is 0.152. The smallest absolute Gasteiger partial charge is 0.338 e. The van der Waals surface area contributed by atoms with Gasteiger partial charge in [0.2, 0.25) is 0 Å². The van der Waals surface area contributed by atoms with Crippen LogP contribution in [-0.4, -0.2) is 30.4 Å². The van der Waals surface area contributed by atoms with Gasteiger partial charge in [-0.3, -0.25) is 9.36 Å². The summed E-state index contributed by atoms with van der Waals surface area (Å²) in [6.45, 7) is 8.04. The van der Waals surface area contributed by atoms with Crippen LogP contribution in [0.2, 0.25) is 0 Å². The molecule has 1 aromatic heterocycles. The van der Waals surface area contributed by atoms with Crippen molar-refractivity contribution < 1.29 is 23.7 Å². The third kappa shape index (κ3) is 6.91. The molecule has 1 aliphatic heterocycles. The van der Waals surface area contributed by atoms with Crippen LogP contribution < -0.4 is 29.1 Å². The summed E-state index contributed by atoms with van der Waals surface area (Å²) < 4.78 is 26.1. The Morgan fingerprint density at radius 2 is 1.80 bits per heavy atom. The Labute approximate surface area is 273 Å². The Bertz CT molecular complexity index is 1870. The van der Waals surface area contributed by atoms with E-state index in [1.165, 1.54) is 14.9 Å². The van der Waals surface area contributed by atoms with Crippen LogP contribution in [0, 0.1) is 3.57 Å². The summed E-state index contributed by atoms with van der Waals surface area (Å²) >= 11 is 3.55. The van der Waals surface area contributed by atoms with Gasteiger partial charge in [-0.25, -0.2) is 9.79 Å². The van der Waals surface area contributed by atoms with Gasteiger partial charge in [0, 0.05) is 3.57 Å². The lowest BCUT2D eigenvalue weighted by molar-refractivity contribution is -0.139. The van der Waals surface area contributed by atoms with Crippen molar-refractivity contribution >= 4 is 46.0 Å². The summed E-state index contributed by atoms with van der Waals surface area (Å²) in [6, 6.07) is 20.4. The number of carbonyl (C=O) groups is 1. The maximum atomic E-state index is 14.0. The average molecular weight is 725 g/mol. The lowest BCUT2D eigenvalue weighted by Crippen LogP contribution is -2.40. The van der Waals surface area contributed by atoms with Crippen LogP contribution in [0.15, 0.2) is 87.8 Å². The zero-order valence-electron chi connectivity index (χ0n) is 25.1. The topological polar surface area (TPSA) is 88.4 Å². The summed E-state index contributed by atoms with van der Waals surface area (Å²) in [6.07, 6.45) is 1.77. The van der Waals surface area contributed by atoms with Crippen molar-refractivity contribution in [2.75, 3.05) is 13.7 Å². The van der Waals surface area contributed by atoms with Crippen molar-refractivity contribution in [3.63, 3.8) is 0 Å². The van der Waals surface area contributed by atoms with Gasteiger partial charge in [0.05, 0.1) is 41.7 Å². The van der Waals surface area contributed by atoms with Gasteiger partial charge in [-0.1, -0.05) is 41.7 Å². The molecule has 0 unspecified atom stereocenters. The molecule has 3 aromatic carbocycles. The number of rotatable bonds is 10. The van der Waals surface area contributed by atoms with Crippen LogP contribution in [0.5, 0.6) is 17.2 Å². The maximum Gasteiger partial charge on any atom is 0.338 e. The first-order valence-corrected chi connectivity index (χ1v) is 16.1. The highest BCUT2D eigenvalue weighted by molar-refractivity contribution is 14.1. The zero-order valence-corrected chi connectivity index (χ0v) is 28.1. The van der Waals surface area contributed by atoms with Gasteiger partial charge < -0.3 is 18.9 Å². The van der Waals surface area contributed by atoms with Crippen molar-refractivity contribution in [1.82, 2.24) is 4.57 Å². The predicted molar refractivity (Wildman–Crippen MR) is 179 cm³/mol. The second-order valence-corrected chi connectivity index (χ2v) is 12.6. The van der Waals surface area contributed by atoms with E-state index >= 15 is 0 Å². The Kier molecular flexibility index (Phi) is 9.90. The van der Waals surface area contributed by atoms with Gasteiger partial charge in [-0.2, -0.15) is 0 Å². The average Bonchev–Trinajstić information content (AvgIpc) is 3.30. The Hall–Kier alpha value is -3.90. The van der Waals surface area contributed by atoms with E-state index in [9.17, 15) is 9.59 Å². The summed E-state index contributed by atoms with van der Waals surface area (Å²) in [5.74, 6) is 1.29. The fourth-order valence-corrected chi connectivity index (χ4v) is 6.28. The van der Waals surface area contributed by atoms with Crippen molar-refractivity contribution in [3.05, 3.63) is 118 Å². The van der Waals surface area contributed by atoms with E-state index in [1.54, 1.807) is 37.7 Å². The van der Waals surface area contributed by atoms with E-state index in [0.717, 1.165) is 16.9 Å². The number of allylic oxidation sites excluding steroid dienone is 1. The fraction of sp³-hybridized carbons (Fsp3) is 0.265. The fourth-order valence-electron chi connectivity index (χ4n) is 4.87. The molecule has 0 fully saturated rings. The first kappa shape index (κ1) is 31.5. The zero-order chi connectivity index (χ0) is 31.4. The molecule has 44 heavy (non-hydrogen) atoms. The minimum atomic E-state index is -0.758. The molecule has 4 aromatic rings. The SMILES string of the molecule is CCOC(=O)C1=C(C)N=c2s/c(=C\c3ccc(OCc4ccc(I)cc4)cc3)c(=O)n2[C@@H]1c1ccc(OC(C)C)c(OC)c1. The molecule has 0 saturated heterocycles. The van der Waals surface area contributed by atoms with E-state index in [4.69, 9.17) is 18.9 Å². The molecule has 0 bridgehead atoms. The molecule has 1 aliphatic rings. The molecule has 5 rings (SSSR count). The van der Waals surface area contributed by atoms with Crippen LogP contribution in [-0.2, 0) is 16.1 Å². The number of fused-ring (bicyclic) bond motifs is 1. The predicted octanol–water partition coefficient (Wildman–Crippen LogP) is 5.78. The molecule has 0 amide bonds. The van der Waals surface area contributed by atoms with Gasteiger partial charge in [0.1, 0.15) is 12.4 Å². The van der Waals surface area contributed by atoms with Gasteiger partial charge in [0.15, 0.2) is 16.3 Å². The summed E-state index contributed by atoms with van der Waals surface area (Å²) in [4.78, 5) is 32.4. The summed E-state index contributed by atoms with van der Waals surface area (Å²) in [5, 5.41) is 0. The minimum Gasteiger partial charge on any atom is -0.493 e. The van der Waals surface area contributed by atoms with Crippen molar-refractivity contribution in [2.24, 2.45) is 4.99 Å². The van der Waals surface area contributed by atoms with Gasteiger partial charge >= 0.3 is 5.97 Å². The van der Waals surface area contributed by atoms with Crippen molar-refractivity contribution in [1.29, 1.82) is 0 Å². The molecule has 8 nitrogen and oxygen atoms in total. The number of aromatic nitrogens is 1. The Morgan fingerprint density at radius 3 is 2.45 bits per heavy atom. The molecule has 0 saturated carbocycles. The largest absolute Gasteiger partial charge is 0.493 e. The molecule has 0 N–H and O–H groups in total. The molecule has 10 heteroatoms. The van der Waals surface area contributed by atoms with Crippen LogP contribution in [0.3, 0.4) is 0 Å². The van der Waals surface area contributed by atoms with E-state index in [-0.39, 0.29) is 18.3 Å². The second kappa shape index (κ2) is 13.8. The first-order chi connectivity index (χ1) is 21.2. The summed E-state index contributed by atoms with van der Waals surface area (Å²) in [5.41, 5.74) is 3.15. The third-order valence-electron chi connectivity index (χ3n) is 6.88. The van der Waals surface area contributed by atoms with Crippen LogP contribution >= 0.6 is 33.9 Å². The highest BCUT2D eigenvalue weighted by Crippen LogP contribution is 2.36. The molecular weight excluding hydrogens is 691 g/mol. The molecule has 0 aliphatic carbocycles. The summed E-state index contributed by atoms with van der Waals surface area (Å²) in [7, 11) is 1.56. The van der Waals surface area contributed by atoms with Crippen molar-refractivity contribution in [3.8, 4) is 17.2 Å². The molecule has 228 valence electrons. The number of hydrogen-bond donors (Lipinski definition) is 0. The van der Waals surface area contributed by atoms with Crippen molar-refractivity contribution in [2.45, 2.75) is 46.4 Å². The lowest BCUT2D eigenvalue weighted by Gasteiger charge is -2.25. The number of benzene rings is 3. The number of carbonyl (C=O) groups excluding carboxylic acids is 1. The number of nitrogens with zero attached hydrogens (tertiary/aromatic N) is 2. The van der Waals surface area contributed by atoms with Crippen LogP contribution in [0.4, 0.5) is 0 Å². The Morgan fingerprint density at radius 1 is 1.07 bits per heavy atom. The van der Waals surface area contributed by atoms with E-state index in [0.29, 0.717) is 44.3 Å². The lowest BCUT2D eigenvalue weighted by atomic mass is 9.95. The second-order valence-electron chi connectivity index (χ2n) is 10.4. The normalized spacial score (nSPS) is 14.7. The number of methoxy groups -OCH3 is 1. The molecule has 0 radical (unpaired) electrons. The number of halogens is 1. The number of thiazole rings is 1. The van der Waals surface area contributed by atoms with E-state index in [1.807, 2.05) is 74.5 Å². The number of ether oxygens (including phenoxy) is 4. The highest BCUT2D eigenvalue weighted by atomic mass is 127. The first-order valence-electron chi connectivity index (χ1n) is 14.2. The minimum absolute atomic E-state index is 0.0572. The molecule has 1 atom stereocenters. The molecule has 2 heterocycles. The van der Waals surface area contributed by atoms with Crippen LogP contribution in [0.1, 0.15) is 50.4 Å². The van der Waals surface area contributed by atoms with E-state index < -0.39 is 12.0 Å². The monoisotopic (exact) mass is 724 g/mol. The standard InChI is InChI=1S/C34H33IN2O6S/c1-6-41-33(39)30-21(4)36-34-37(31(30)24-11-16-27(43-20(2)3)28(18-24)40-5)32(38)29(44-34)17-22-9-14-26(15-10-22)42-19-23-7-12-25(35)13-8-23/h7-18,20,31H,6,19H2,1-5H3/b29-17-/t31-/m1/s1. The van der Waals surface area contributed by atoms with Gasteiger partial charge in [-0.15, -0.1) is 0 Å². The van der Waals surface area contributed by atoms with Gasteiger partial charge in [-0.05, 0) is 109 Å². The third-order valence-corrected chi connectivity index (χ3v) is 8.58. The molecular formula is C34H33IN2O6S. The number of esters is 1. The van der Waals surface area contributed by atoms with Crippen LogP contribution in [0.25, 0.3) is 6.08 Å². The van der Waals surface area contributed by atoms with Gasteiger partial charge in [0.25, 0.3) is 5.56 Å². The number of hydrogen-bond acceptors (Lipinski definition) is 8.